The van der Waals surface area contributed by atoms with Gasteiger partial charge in [0.05, 0.1) is 22.6 Å². The van der Waals surface area contributed by atoms with Crippen LogP contribution in [0.2, 0.25) is 5.02 Å². The van der Waals surface area contributed by atoms with E-state index in [1.165, 1.54) is 5.56 Å². The summed E-state index contributed by atoms with van der Waals surface area (Å²) >= 11 is 6.31. The molecule has 1 aromatic carbocycles. The monoisotopic (exact) mass is 338 g/mol. The third-order valence-electron chi connectivity index (χ3n) is 4.58. The molecule has 0 saturated carbocycles. The quantitative estimate of drug-likeness (QED) is 0.764. The normalized spacial score (nSPS) is 17.9. The lowest BCUT2D eigenvalue weighted by atomic mass is 9.97. The molecule has 4 rings (SSSR count). The maximum absolute atomic E-state index is 6.31. The van der Waals surface area contributed by atoms with Crippen molar-refractivity contribution < 1.29 is 0 Å². The van der Waals surface area contributed by atoms with E-state index in [2.05, 4.69) is 32.0 Å². The number of benzene rings is 1. The number of nitrogens with one attached hydrogen (secondary N) is 1. The third kappa shape index (κ3) is 3.02. The fourth-order valence-corrected chi connectivity index (χ4v) is 3.59. The van der Waals surface area contributed by atoms with Gasteiger partial charge >= 0.3 is 0 Å². The summed E-state index contributed by atoms with van der Waals surface area (Å²) in [7, 11) is 0. The van der Waals surface area contributed by atoms with Crippen LogP contribution in [0.4, 0.5) is 5.69 Å². The average Bonchev–Trinajstić information content (AvgIpc) is 3.13. The predicted octanol–water partition coefficient (Wildman–Crippen LogP) is 4.51. The average molecular weight is 339 g/mol. The second kappa shape index (κ2) is 6.65. The second-order valence-electron chi connectivity index (χ2n) is 6.16. The molecule has 0 spiro atoms. The molecular formula is C19H19ClN4. The van der Waals surface area contributed by atoms with Gasteiger partial charge in [-0.25, -0.2) is 4.98 Å². The molecule has 1 fully saturated rings. The lowest BCUT2D eigenvalue weighted by molar-refractivity contribution is 0.494. The fourth-order valence-electron chi connectivity index (χ4n) is 3.35. The van der Waals surface area contributed by atoms with Crippen LogP contribution in [-0.2, 0) is 0 Å². The maximum Gasteiger partial charge on any atom is 0.111 e. The number of hydrogen-bond acceptors (Lipinski definition) is 3. The van der Waals surface area contributed by atoms with Crippen LogP contribution in [0.1, 0.15) is 24.6 Å². The molecule has 4 nitrogen and oxygen atoms in total. The molecule has 3 aromatic rings. The van der Waals surface area contributed by atoms with Crippen LogP contribution in [0.5, 0.6) is 0 Å². The molecule has 1 aliphatic rings. The van der Waals surface area contributed by atoms with E-state index in [0.717, 1.165) is 43.1 Å². The van der Waals surface area contributed by atoms with Gasteiger partial charge in [0.15, 0.2) is 0 Å². The molecule has 0 amide bonds. The Morgan fingerprint density at radius 1 is 1.12 bits per heavy atom. The van der Waals surface area contributed by atoms with Crippen LogP contribution < -0.4 is 4.90 Å². The van der Waals surface area contributed by atoms with Gasteiger partial charge in [-0.05, 0) is 24.5 Å². The minimum atomic E-state index is 0.389. The number of pyridine rings is 1. The lowest BCUT2D eigenvalue weighted by Gasteiger charge is -2.34. The lowest BCUT2D eigenvalue weighted by Crippen LogP contribution is -2.34. The van der Waals surface area contributed by atoms with Crippen LogP contribution >= 0.6 is 11.6 Å². The van der Waals surface area contributed by atoms with Crippen molar-refractivity contribution in [2.75, 3.05) is 18.0 Å². The summed E-state index contributed by atoms with van der Waals surface area (Å²) in [4.78, 5) is 14.6. The molecule has 122 valence electrons. The third-order valence-corrected chi connectivity index (χ3v) is 4.87. The minimum absolute atomic E-state index is 0.389. The molecule has 1 N–H and O–H groups in total. The van der Waals surface area contributed by atoms with E-state index in [1.807, 2.05) is 30.5 Å². The van der Waals surface area contributed by atoms with Gasteiger partial charge in [-0.1, -0.05) is 41.9 Å². The molecule has 1 unspecified atom stereocenters. The highest BCUT2D eigenvalue weighted by molar-refractivity contribution is 6.33. The van der Waals surface area contributed by atoms with Gasteiger partial charge in [0.25, 0.3) is 0 Å². The van der Waals surface area contributed by atoms with Gasteiger partial charge in [0.1, 0.15) is 5.82 Å². The highest BCUT2D eigenvalue weighted by atomic mass is 35.5. The Hall–Kier alpha value is -2.33. The van der Waals surface area contributed by atoms with Crippen molar-refractivity contribution >= 4 is 17.3 Å². The summed E-state index contributed by atoms with van der Waals surface area (Å²) in [6, 6.07) is 12.3. The number of imidazole rings is 1. The fraction of sp³-hybridized carbons (Fsp3) is 0.263. The van der Waals surface area contributed by atoms with E-state index in [0.29, 0.717) is 10.9 Å². The molecule has 24 heavy (non-hydrogen) atoms. The van der Waals surface area contributed by atoms with E-state index in [9.17, 15) is 0 Å². The van der Waals surface area contributed by atoms with Gasteiger partial charge in [0.2, 0.25) is 0 Å². The number of aromatic amines is 1. The molecule has 1 saturated heterocycles. The number of nitrogens with zero attached hydrogens (tertiary/aromatic N) is 3. The molecular weight excluding hydrogens is 320 g/mol. The molecule has 1 aliphatic heterocycles. The van der Waals surface area contributed by atoms with Gasteiger partial charge in [-0.15, -0.1) is 0 Å². The molecule has 0 radical (unpaired) electrons. The Labute approximate surface area is 146 Å². The van der Waals surface area contributed by atoms with Gasteiger partial charge in [-0.2, -0.15) is 0 Å². The minimum Gasteiger partial charge on any atom is -0.370 e. The van der Waals surface area contributed by atoms with E-state index in [4.69, 9.17) is 11.6 Å². The molecule has 1 atom stereocenters. The molecule has 2 aromatic heterocycles. The van der Waals surface area contributed by atoms with Crippen LogP contribution in [0, 0.1) is 0 Å². The van der Waals surface area contributed by atoms with E-state index in [-0.39, 0.29) is 0 Å². The summed E-state index contributed by atoms with van der Waals surface area (Å²) in [6.45, 7) is 1.94. The number of halogens is 1. The van der Waals surface area contributed by atoms with Crippen molar-refractivity contribution in [2.24, 2.45) is 0 Å². The van der Waals surface area contributed by atoms with Crippen LogP contribution in [0.25, 0.3) is 11.3 Å². The maximum atomic E-state index is 6.31. The van der Waals surface area contributed by atoms with E-state index >= 15 is 0 Å². The van der Waals surface area contributed by atoms with E-state index < -0.39 is 0 Å². The van der Waals surface area contributed by atoms with Crippen molar-refractivity contribution in [1.82, 2.24) is 15.0 Å². The first-order chi connectivity index (χ1) is 11.8. The van der Waals surface area contributed by atoms with Crippen molar-refractivity contribution in [3.63, 3.8) is 0 Å². The Kier molecular flexibility index (Phi) is 4.22. The smallest absolute Gasteiger partial charge is 0.111 e. The summed E-state index contributed by atoms with van der Waals surface area (Å²) in [5.74, 6) is 1.45. The Morgan fingerprint density at radius 3 is 2.83 bits per heavy atom. The Morgan fingerprint density at radius 2 is 2.00 bits per heavy atom. The highest BCUT2D eigenvalue weighted by Crippen LogP contribution is 2.32. The Balaban J connectivity index is 1.55. The number of H-pyrrole nitrogens is 1. The first-order valence-corrected chi connectivity index (χ1v) is 8.64. The molecule has 0 bridgehead atoms. The summed E-state index contributed by atoms with van der Waals surface area (Å²) < 4.78 is 0. The first kappa shape index (κ1) is 15.2. The van der Waals surface area contributed by atoms with E-state index in [1.54, 1.807) is 12.4 Å². The number of anilines is 1. The summed E-state index contributed by atoms with van der Waals surface area (Å²) in [6.07, 6.45) is 7.71. The second-order valence-corrected chi connectivity index (χ2v) is 6.57. The van der Waals surface area contributed by atoms with Crippen LogP contribution in [0.15, 0.2) is 55.0 Å². The number of hydrogen-bond donors (Lipinski definition) is 1. The van der Waals surface area contributed by atoms with Gasteiger partial charge in [-0.3, -0.25) is 4.98 Å². The summed E-state index contributed by atoms with van der Waals surface area (Å²) in [5.41, 5.74) is 3.30. The zero-order chi connectivity index (χ0) is 16.4. The highest BCUT2D eigenvalue weighted by Gasteiger charge is 2.25. The Bertz CT molecular complexity index is 815. The van der Waals surface area contributed by atoms with Crippen molar-refractivity contribution in [3.05, 3.63) is 65.8 Å². The molecule has 5 heteroatoms. The number of piperidine rings is 1. The number of rotatable bonds is 3. The number of aromatic nitrogens is 3. The summed E-state index contributed by atoms with van der Waals surface area (Å²) in [5, 5.41) is 0.711. The molecule has 3 heterocycles. The van der Waals surface area contributed by atoms with Crippen molar-refractivity contribution in [2.45, 2.75) is 18.8 Å². The van der Waals surface area contributed by atoms with Gasteiger partial charge in [0, 0.05) is 31.4 Å². The standard InChI is InChI=1S/C19H19ClN4/c20-16-11-21-9-8-18(16)24-10-4-7-15(13-24)19-22-12-17(23-19)14-5-2-1-3-6-14/h1-3,5-6,8-9,11-12,15H,4,7,10,13H2,(H,22,23). The first-order valence-electron chi connectivity index (χ1n) is 8.26. The topological polar surface area (TPSA) is 44.8 Å². The van der Waals surface area contributed by atoms with Gasteiger partial charge < -0.3 is 9.88 Å². The SMILES string of the molecule is Clc1cnccc1N1CCCC(c2ncc(-c3ccccc3)[nH]2)C1. The van der Waals surface area contributed by atoms with Crippen LogP contribution in [-0.4, -0.2) is 28.0 Å². The zero-order valence-electron chi connectivity index (χ0n) is 13.3. The van der Waals surface area contributed by atoms with Crippen molar-refractivity contribution in [3.8, 4) is 11.3 Å². The van der Waals surface area contributed by atoms with Crippen LogP contribution in [0.3, 0.4) is 0 Å². The predicted molar refractivity (Wildman–Crippen MR) is 97.5 cm³/mol. The molecule has 0 aliphatic carbocycles. The zero-order valence-corrected chi connectivity index (χ0v) is 14.1. The van der Waals surface area contributed by atoms with Crippen molar-refractivity contribution in [1.29, 1.82) is 0 Å². The largest absolute Gasteiger partial charge is 0.370 e.